The number of pyridine rings is 1. The number of rotatable bonds is 2. The zero-order valence-corrected chi connectivity index (χ0v) is 12.2. The number of aromatic nitrogens is 1. The van der Waals surface area contributed by atoms with E-state index in [1.807, 2.05) is 51.1 Å². The van der Waals surface area contributed by atoms with E-state index in [-0.39, 0.29) is 11.7 Å². The maximum atomic E-state index is 12.3. The van der Waals surface area contributed by atoms with E-state index in [1.54, 1.807) is 6.07 Å². The molecule has 2 heterocycles. The molecule has 0 radical (unpaired) electrons. The van der Waals surface area contributed by atoms with Crippen LogP contribution in [-0.4, -0.2) is 10.9 Å². The minimum absolute atomic E-state index is 0.261. The summed E-state index contributed by atoms with van der Waals surface area (Å²) in [4.78, 5) is 16.7. The maximum absolute atomic E-state index is 12.3. The highest BCUT2D eigenvalue weighted by Crippen LogP contribution is 2.22. The minimum atomic E-state index is -0.261. The molecule has 3 rings (SSSR count). The number of nitrogens with one attached hydrogen (secondary N) is 1. The number of anilines is 1. The molecular formula is C17H16N2O2. The van der Waals surface area contributed by atoms with Gasteiger partial charge in [-0.15, -0.1) is 0 Å². The number of carbonyl (C=O) groups excluding carboxylic acids is 1. The summed E-state index contributed by atoms with van der Waals surface area (Å²) in [5, 5.41) is 2.91. The molecule has 1 aromatic carbocycles. The highest BCUT2D eigenvalue weighted by Gasteiger charge is 2.15. The summed E-state index contributed by atoms with van der Waals surface area (Å²) in [5.74, 6) is 0.00815. The summed E-state index contributed by atoms with van der Waals surface area (Å²) in [6.07, 6.45) is 0. The van der Waals surface area contributed by atoms with Gasteiger partial charge >= 0.3 is 0 Å². The summed E-state index contributed by atoms with van der Waals surface area (Å²) in [7, 11) is 0. The zero-order chi connectivity index (χ0) is 15.0. The summed E-state index contributed by atoms with van der Waals surface area (Å²) in [5.41, 5.74) is 5.08. The third-order valence-corrected chi connectivity index (χ3v) is 3.46. The fourth-order valence-electron chi connectivity index (χ4n) is 2.32. The molecule has 106 valence electrons. The quantitative estimate of drug-likeness (QED) is 0.771. The van der Waals surface area contributed by atoms with E-state index in [2.05, 4.69) is 10.3 Å². The Kier molecular flexibility index (Phi) is 3.22. The van der Waals surface area contributed by atoms with E-state index in [9.17, 15) is 4.79 Å². The number of fused-ring (bicyclic) bond motifs is 1. The third kappa shape index (κ3) is 2.52. The van der Waals surface area contributed by atoms with E-state index in [0.717, 1.165) is 22.5 Å². The number of benzene rings is 1. The predicted octanol–water partition coefficient (Wildman–Crippen LogP) is 4.01. The largest absolute Gasteiger partial charge is 0.449 e. The normalized spacial score (nSPS) is 10.8. The van der Waals surface area contributed by atoms with Crippen molar-refractivity contribution in [2.75, 3.05) is 5.32 Å². The van der Waals surface area contributed by atoms with E-state index >= 15 is 0 Å². The summed E-state index contributed by atoms with van der Waals surface area (Å²) < 4.78 is 5.56. The first-order valence-electron chi connectivity index (χ1n) is 6.79. The van der Waals surface area contributed by atoms with Crippen molar-refractivity contribution < 1.29 is 9.21 Å². The standard InChI is InChI=1S/C17H16N2O2/c1-10-5-4-6-11(2)16(10)19-17(20)15-9-13-14(21-15)8-7-12(3)18-13/h4-9H,1-3H3,(H,19,20). The maximum Gasteiger partial charge on any atom is 0.291 e. The summed E-state index contributed by atoms with van der Waals surface area (Å²) >= 11 is 0. The van der Waals surface area contributed by atoms with Gasteiger partial charge in [-0.25, -0.2) is 4.98 Å². The Balaban J connectivity index is 1.94. The second kappa shape index (κ2) is 5.05. The van der Waals surface area contributed by atoms with Crippen LogP contribution in [0.4, 0.5) is 5.69 Å². The molecule has 1 N–H and O–H groups in total. The van der Waals surface area contributed by atoms with Crippen molar-refractivity contribution >= 4 is 22.7 Å². The molecule has 0 spiro atoms. The topological polar surface area (TPSA) is 55.1 Å². The predicted molar refractivity (Wildman–Crippen MR) is 82.6 cm³/mol. The highest BCUT2D eigenvalue weighted by molar-refractivity contribution is 6.05. The van der Waals surface area contributed by atoms with Crippen LogP contribution in [0.25, 0.3) is 11.1 Å². The molecule has 0 saturated heterocycles. The van der Waals surface area contributed by atoms with Crippen LogP contribution in [0.15, 0.2) is 40.8 Å². The second-order valence-electron chi connectivity index (χ2n) is 5.17. The number of aryl methyl sites for hydroxylation is 3. The fourth-order valence-corrected chi connectivity index (χ4v) is 2.32. The van der Waals surface area contributed by atoms with Gasteiger partial charge in [0.15, 0.2) is 11.3 Å². The molecule has 1 amide bonds. The third-order valence-electron chi connectivity index (χ3n) is 3.46. The van der Waals surface area contributed by atoms with Crippen LogP contribution in [0.1, 0.15) is 27.4 Å². The van der Waals surface area contributed by atoms with E-state index in [0.29, 0.717) is 11.1 Å². The van der Waals surface area contributed by atoms with Crippen molar-refractivity contribution in [1.82, 2.24) is 4.98 Å². The highest BCUT2D eigenvalue weighted by atomic mass is 16.3. The Hall–Kier alpha value is -2.62. The SMILES string of the molecule is Cc1ccc2oc(C(=O)Nc3c(C)cccc3C)cc2n1. The lowest BCUT2D eigenvalue weighted by atomic mass is 10.1. The average molecular weight is 280 g/mol. The number of amides is 1. The molecule has 0 aliphatic heterocycles. The van der Waals surface area contributed by atoms with Crippen LogP contribution >= 0.6 is 0 Å². The molecule has 0 aliphatic rings. The van der Waals surface area contributed by atoms with Crippen LogP contribution in [0.3, 0.4) is 0 Å². The number of nitrogens with zero attached hydrogens (tertiary/aromatic N) is 1. The van der Waals surface area contributed by atoms with Gasteiger partial charge in [0.1, 0.15) is 5.52 Å². The number of carbonyl (C=O) groups is 1. The van der Waals surface area contributed by atoms with Crippen LogP contribution in [0.2, 0.25) is 0 Å². The molecule has 21 heavy (non-hydrogen) atoms. The van der Waals surface area contributed by atoms with Crippen molar-refractivity contribution in [1.29, 1.82) is 0 Å². The average Bonchev–Trinajstić information content (AvgIpc) is 2.86. The zero-order valence-electron chi connectivity index (χ0n) is 12.2. The molecule has 4 heteroatoms. The first-order chi connectivity index (χ1) is 10.0. The number of hydrogen-bond donors (Lipinski definition) is 1. The summed E-state index contributed by atoms with van der Waals surface area (Å²) in [6.45, 7) is 5.83. The van der Waals surface area contributed by atoms with Crippen molar-refractivity contribution in [2.24, 2.45) is 0 Å². The van der Waals surface area contributed by atoms with Crippen LogP contribution < -0.4 is 5.32 Å². The van der Waals surface area contributed by atoms with Gasteiger partial charge in [0.05, 0.1) is 0 Å². The van der Waals surface area contributed by atoms with Gasteiger partial charge in [0.25, 0.3) is 5.91 Å². The number of hydrogen-bond acceptors (Lipinski definition) is 3. The molecular weight excluding hydrogens is 264 g/mol. The fraction of sp³-hybridized carbons (Fsp3) is 0.176. The molecule has 3 aromatic rings. The Labute approximate surface area is 122 Å². The Morgan fingerprint density at radius 1 is 1.10 bits per heavy atom. The second-order valence-corrected chi connectivity index (χ2v) is 5.17. The lowest BCUT2D eigenvalue weighted by Gasteiger charge is -2.09. The lowest BCUT2D eigenvalue weighted by molar-refractivity contribution is 0.0998. The monoisotopic (exact) mass is 280 g/mol. The summed E-state index contributed by atoms with van der Waals surface area (Å²) in [6, 6.07) is 11.3. The van der Waals surface area contributed by atoms with Crippen LogP contribution in [0.5, 0.6) is 0 Å². The van der Waals surface area contributed by atoms with Gasteiger partial charge in [-0.1, -0.05) is 18.2 Å². The van der Waals surface area contributed by atoms with Gasteiger partial charge in [-0.3, -0.25) is 4.79 Å². The number of para-hydroxylation sites is 1. The smallest absolute Gasteiger partial charge is 0.291 e. The van der Waals surface area contributed by atoms with E-state index in [4.69, 9.17) is 4.42 Å². The van der Waals surface area contributed by atoms with Crippen LogP contribution in [0, 0.1) is 20.8 Å². The molecule has 0 fully saturated rings. The Bertz CT molecular complexity index is 814. The lowest BCUT2D eigenvalue weighted by Crippen LogP contribution is -2.12. The van der Waals surface area contributed by atoms with E-state index < -0.39 is 0 Å². The van der Waals surface area contributed by atoms with Crippen molar-refractivity contribution in [2.45, 2.75) is 20.8 Å². The van der Waals surface area contributed by atoms with Gasteiger partial charge in [-0.05, 0) is 44.0 Å². The number of furan rings is 1. The Morgan fingerprint density at radius 2 is 1.81 bits per heavy atom. The minimum Gasteiger partial charge on any atom is -0.449 e. The van der Waals surface area contributed by atoms with Gasteiger partial charge in [-0.2, -0.15) is 0 Å². The molecule has 0 saturated carbocycles. The molecule has 0 unspecified atom stereocenters. The van der Waals surface area contributed by atoms with Gasteiger partial charge in [0.2, 0.25) is 0 Å². The molecule has 0 bridgehead atoms. The van der Waals surface area contributed by atoms with Crippen molar-refractivity contribution in [3.05, 3.63) is 59.0 Å². The Morgan fingerprint density at radius 3 is 2.52 bits per heavy atom. The molecule has 0 atom stereocenters. The van der Waals surface area contributed by atoms with Crippen LogP contribution in [-0.2, 0) is 0 Å². The first kappa shape index (κ1) is 13.4. The van der Waals surface area contributed by atoms with E-state index in [1.165, 1.54) is 0 Å². The molecule has 2 aromatic heterocycles. The molecule has 4 nitrogen and oxygen atoms in total. The van der Waals surface area contributed by atoms with Crippen molar-refractivity contribution in [3.63, 3.8) is 0 Å². The van der Waals surface area contributed by atoms with Gasteiger partial charge < -0.3 is 9.73 Å². The van der Waals surface area contributed by atoms with Gasteiger partial charge in [0, 0.05) is 17.4 Å². The molecule has 0 aliphatic carbocycles. The van der Waals surface area contributed by atoms with Crippen molar-refractivity contribution in [3.8, 4) is 0 Å². The first-order valence-corrected chi connectivity index (χ1v) is 6.79.